The van der Waals surface area contributed by atoms with Crippen molar-refractivity contribution in [2.45, 2.75) is 32.6 Å². The summed E-state index contributed by atoms with van der Waals surface area (Å²) in [5.41, 5.74) is 5.56. The van der Waals surface area contributed by atoms with Crippen LogP contribution in [0.2, 0.25) is 0 Å². The van der Waals surface area contributed by atoms with Gasteiger partial charge in [0.05, 0.1) is 11.6 Å². The minimum absolute atomic E-state index is 0.0488. The first kappa shape index (κ1) is 28.3. The van der Waals surface area contributed by atoms with Crippen LogP contribution in [0, 0.1) is 5.92 Å². The van der Waals surface area contributed by atoms with Crippen LogP contribution >= 0.6 is 0 Å². The molecule has 0 bridgehead atoms. The Morgan fingerprint density at radius 3 is 2.39 bits per heavy atom. The molecule has 3 aromatic rings. The molecule has 3 aromatic carbocycles. The van der Waals surface area contributed by atoms with Gasteiger partial charge in [0.15, 0.2) is 23.1 Å². The van der Waals surface area contributed by atoms with Gasteiger partial charge in [0, 0.05) is 66.9 Å². The summed E-state index contributed by atoms with van der Waals surface area (Å²) in [6.45, 7) is 12.2. The summed E-state index contributed by atoms with van der Waals surface area (Å²) in [6.07, 6.45) is 2.78. The molecule has 44 heavy (non-hydrogen) atoms. The Morgan fingerprint density at radius 1 is 0.909 bits per heavy atom. The average Bonchev–Trinajstić information content (AvgIpc) is 3.04. The van der Waals surface area contributed by atoms with Gasteiger partial charge in [-0.2, -0.15) is 0 Å². The van der Waals surface area contributed by atoms with Gasteiger partial charge in [-0.15, -0.1) is 0 Å². The number of Topliss-reactive ketones (excluding diaryl/α,β-unsaturated/α-hetero) is 2. The molecular formula is C37H38N4O3. The molecule has 4 aliphatic rings. The number of ether oxygens (including phenoxy) is 1. The van der Waals surface area contributed by atoms with Crippen molar-refractivity contribution in [2.24, 2.45) is 10.9 Å². The molecule has 224 valence electrons. The molecule has 0 saturated carbocycles. The number of carbonyl (C=O) groups excluding carboxylic acids is 2. The zero-order valence-electron chi connectivity index (χ0n) is 25.6. The lowest BCUT2D eigenvalue weighted by Crippen LogP contribution is -2.47. The number of hydrogen-bond donors (Lipinski definition) is 1. The number of piperazine rings is 1. The second-order valence-corrected chi connectivity index (χ2v) is 13.0. The highest BCUT2D eigenvalue weighted by Crippen LogP contribution is 2.44. The maximum Gasteiger partial charge on any atom is 0.192 e. The summed E-state index contributed by atoms with van der Waals surface area (Å²) >= 11 is 0. The lowest BCUT2D eigenvalue weighted by atomic mass is 9.72. The van der Waals surface area contributed by atoms with Crippen LogP contribution in [0.15, 0.2) is 101 Å². The maximum absolute atomic E-state index is 14.0. The second-order valence-electron chi connectivity index (χ2n) is 13.0. The molecule has 0 aromatic heterocycles. The van der Waals surface area contributed by atoms with E-state index >= 15 is 0 Å². The van der Waals surface area contributed by atoms with Crippen LogP contribution in [-0.2, 0) is 5.41 Å². The van der Waals surface area contributed by atoms with E-state index in [4.69, 9.17) is 9.73 Å². The first-order chi connectivity index (χ1) is 21.3. The van der Waals surface area contributed by atoms with E-state index in [0.29, 0.717) is 51.8 Å². The smallest absolute Gasteiger partial charge is 0.192 e. The summed E-state index contributed by atoms with van der Waals surface area (Å²) in [4.78, 5) is 37.8. The summed E-state index contributed by atoms with van der Waals surface area (Å²) in [7, 11) is 0. The van der Waals surface area contributed by atoms with Crippen molar-refractivity contribution < 1.29 is 14.3 Å². The van der Waals surface area contributed by atoms with Gasteiger partial charge in [0.25, 0.3) is 0 Å². The van der Waals surface area contributed by atoms with E-state index in [2.05, 4.69) is 72.3 Å². The first-order valence-corrected chi connectivity index (χ1v) is 15.6. The van der Waals surface area contributed by atoms with Gasteiger partial charge in [0.1, 0.15) is 5.69 Å². The molecule has 0 spiro atoms. The Hall–Kier alpha value is -4.49. The van der Waals surface area contributed by atoms with Gasteiger partial charge < -0.3 is 15.0 Å². The molecule has 7 rings (SSSR count). The minimum atomic E-state index is -0.804. The number of allylic oxidation sites excluding steroid dienone is 3. The summed E-state index contributed by atoms with van der Waals surface area (Å²) < 4.78 is 6.45. The second kappa shape index (κ2) is 11.2. The first-order valence-electron chi connectivity index (χ1n) is 15.6. The lowest BCUT2D eigenvalue weighted by Gasteiger charge is -2.36. The largest absolute Gasteiger partial charge is 0.453 e. The monoisotopic (exact) mass is 586 g/mol. The summed E-state index contributed by atoms with van der Waals surface area (Å²) in [5, 5.41) is 3.53. The molecule has 0 amide bonds. The number of aliphatic imine (C=N–C) groups is 1. The number of para-hydroxylation sites is 1. The Kier molecular flexibility index (Phi) is 7.21. The van der Waals surface area contributed by atoms with Crippen molar-refractivity contribution in [1.82, 2.24) is 10.2 Å². The fourth-order valence-corrected chi connectivity index (χ4v) is 6.57. The number of rotatable bonds is 6. The van der Waals surface area contributed by atoms with Crippen LogP contribution < -0.4 is 15.0 Å². The average molecular weight is 587 g/mol. The van der Waals surface area contributed by atoms with Crippen molar-refractivity contribution in [3.8, 4) is 5.75 Å². The van der Waals surface area contributed by atoms with Crippen molar-refractivity contribution >= 4 is 28.7 Å². The van der Waals surface area contributed by atoms with Crippen LogP contribution in [0.5, 0.6) is 5.75 Å². The van der Waals surface area contributed by atoms with Gasteiger partial charge in [-0.05, 0) is 48.2 Å². The zero-order valence-corrected chi connectivity index (χ0v) is 25.6. The van der Waals surface area contributed by atoms with E-state index in [1.54, 1.807) is 18.2 Å². The molecule has 1 saturated heterocycles. The Bertz CT molecular complexity index is 1720. The third-order valence-corrected chi connectivity index (χ3v) is 9.07. The number of carbonyl (C=O) groups is 2. The van der Waals surface area contributed by atoms with E-state index in [1.807, 2.05) is 24.3 Å². The number of hydrogen-bond acceptors (Lipinski definition) is 7. The van der Waals surface area contributed by atoms with Crippen molar-refractivity contribution in [1.29, 1.82) is 0 Å². The van der Waals surface area contributed by atoms with Crippen LogP contribution in [-0.4, -0.2) is 61.4 Å². The van der Waals surface area contributed by atoms with Crippen LogP contribution in [0.25, 0.3) is 0 Å². The van der Waals surface area contributed by atoms with Crippen LogP contribution in [0.1, 0.15) is 53.5 Å². The number of nitrogens with one attached hydrogen (secondary N) is 1. The maximum atomic E-state index is 14.0. The fraction of sp³-hybridized carbons (Fsp3) is 0.324. The van der Waals surface area contributed by atoms with Gasteiger partial charge in [0.2, 0.25) is 0 Å². The molecule has 0 radical (unpaired) electrons. The molecule has 1 N–H and O–H groups in total. The molecule has 1 atom stereocenters. The normalized spacial score (nSPS) is 19.7. The molecule has 1 fully saturated rings. The van der Waals surface area contributed by atoms with E-state index in [0.717, 1.165) is 44.7 Å². The quantitative estimate of drug-likeness (QED) is 0.352. The molecule has 7 nitrogen and oxygen atoms in total. The minimum Gasteiger partial charge on any atom is -0.453 e. The number of fused-ring (bicyclic) bond motifs is 5. The van der Waals surface area contributed by atoms with Crippen LogP contribution in [0.4, 0.5) is 11.4 Å². The van der Waals surface area contributed by atoms with Gasteiger partial charge in [-0.3, -0.25) is 14.5 Å². The molecule has 2 aliphatic heterocycles. The van der Waals surface area contributed by atoms with E-state index in [1.165, 1.54) is 5.69 Å². The van der Waals surface area contributed by atoms with Crippen molar-refractivity contribution in [3.63, 3.8) is 0 Å². The Balaban J connectivity index is 1.12. The molecule has 1 unspecified atom stereocenters. The fourth-order valence-electron chi connectivity index (χ4n) is 6.57. The number of anilines is 1. The summed E-state index contributed by atoms with van der Waals surface area (Å²) in [6, 6.07) is 23.7. The molecule has 2 heterocycles. The van der Waals surface area contributed by atoms with Crippen LogP contribution in [0.3, 0.4) is 0 Å². The highest BCUT2D eigenvalue weighted by Gasteiger charge is 2.46. The van der Waals surface area contributed by atoms with Gasteiger partial charge in [-0.25, -0.2) is 4.99 Å². The topological polar surface area (TPSA) is 74.2 Å². The standard InChI is InChI=1S/C37H38N4O3/c1-37(2,3)24-14-15-28-30(22-24)44-31-23-29(32-33(34(31)39-28)36(43)27-13-8-7-12-26(27)35(32)42)38-16-9-17-40-18-20-41(21-19-40)25-10-5-4-6-11-25/h4-8,10-15,22-23,33,38H,9,16-21H2,1-3H3. The SMILES string of the molecule is CC(C)(C)c1ccc2c(c1)OC1=CC(NCCCN3CCN(c4ccccc4)CC3)=C3C(=O)c4ccccc4C(=O)C3C1=N2. The third kappa shape index (κ3) is 5.15. The molecule has 2 aliphatic carbocycles. The predicted molar refractivity (Wildman–Crippen MR) is 174 cm³/mol. The number of ketones is 2. The van der Waals surface area contributed by atoms with E-state index in [9.17, 15) is 9.59 Å². The Morgan fingerprint density at radius 2 is 1.64 bits per heavy atom. The highest BCUT2D eigenvalue weighted by atomic mass is 16.5. The number of benzene rings is 3. The highest BCUT2D eigenvalue weighted by molar-refractivity contribution is 6.33. The van der Waals surface area contributed by atoms with Crippen molar-refractivity contribution in [2.75, 3.05) is 44.2 Å². The van der Waals surface area contributed by atoms with Gasteiger partial charge in [-0.1, -0.05) is 69.3 Å². The Labute approximate surface area is 258 Å². The van der Waals surface area contributed by atoms with E-state index in [-0.39, 0.29) is 17.0 Å². The summed E-state index contributed by atoms with van der Waals surface area (Å²) in [5.74, 6) is 0.142. The number of nitrogens with zero attached hydrogens (tertiary/aromatic N) is 3. The van der Waals surface area contributed by atoms with E-state index < -0.39 is 5.92 Å². The lowest BCUT2D eigenvalue weighted by molar-refractivity contribution is 0.0908. The third-order valence-electron chi connectivity index (χ3n) is 9.07. The van der Waals surface area contributed by atoms with Gasteiger partial charge >= 0.3 is 0 Å². The predicted octanol–water partition coefficient (Wildman–Crippen LogP) is 6.10. The van der Waals surface area contributed by atoms with Crippen molar-refractivity contribution in [3.05, 3.63) is 113 Å². The molecular weight excluding hydrogens is 548 g/mol. The zero-order chi connectivity index (χ0) is 30.4. The molecule has 7 heteroatoms.